The van der Waals surface area contributed by atoms with E-state index < -0.39 is 12.1 Å². The van der Waals surface area contributed by atoms with E-state index in [4.69, 9.17) is 18.9 Å². The maximum absolute atomic E-state index is 13.0. The van der Waals surface area contributed by atoms with Crippen molar-refractivity contribution in [3.8, 4) is 0 Å². The maximum Gasteiger partial charge on any atom is 0.315 e. The van der Waals surface area contributed by atoms with Crippen molar-refractivity contribution in [3.63, 3.8) is 0 Å². The van der Waals surface area contributed by atoms with Gasteiger partial charge in [0.25, 0.3) is 0 Å². The van der Waals surface area contributed by atoms with Gasteiger partial charge in [0, 0.05) is 56.0 Å². The molecule has 2 aromatic carbocycles. The van der Waals surface area contributed by atoms with Gasteiger partial charge in [-0.05, 0) is 73.0 Å². The number of hydrogen-bond donors (Lipinski definition) is 3. The molecule has 47 heavy (non-hydrogen) atoms. The summed E-state index contributed by atoms with van der Waals surface area (Å²) in [5, 5.41) is 16.1. The lowest BCUT2D eigenvalue weighted by Gasteiger charge is -2.56. The summed E-state index contributed by atoms with van der Waals surface area (Å²) in [6.07, 6.45) is 8.58. The Kier molecular flexibility index (Phi) is 8.82. The fourth-order valence-corrected chi connectivity index (χ4v) is 9.97. The number of likely N-dealkylation sites (tertiary alicyclic amines) is 1. The number of nitrogens with one attached hydrogen (secondary N) is 2. The first-order chi connectivity index (χ1) is 22.9. The van der Waals surface area contributed by atoms with Crippen molar-refractivity contribution >= 4 is 6.03 Å². The Hall–Kier alpha value is -2.53. The molecule has 0 unspecified atom stereocenters. The molecule has 1 spiro atoms. The zero-order chi connectivity index (χ0) is 32.0. The maximum atomic E-state index is 13.0. The summed E-state index contributed by atoms with van der Waals surface area (Å²) in [5.41, 5.74) is 3.99. The summed E-state index contributed by atoms with van der Waals surface area (Å²) >= 11 is 0. The van der Waals surface area contributed by atoms with Gasteiger partial charge in [0.1, 0.15) is 0 Å². The summed E-state index contributed by atoms with van der Waals surface area (Å²) in [6.45, 7) is 6.70. The molecule has 0 aromatic heterocycles. The Bertz CT molecular complexity index is 1350. The first-order valence-corrected chi connectivity index (χ1v) is 18.0. The molecule has 9 nitrogen and oxygen atoms in total. The summed E-state index contributed by atoms with van der Waals surface area (Å²) < 4.78 is 25.3. The number of nitrogens with zero attached hydrogens (tertiary/aromatic N) is 1. The first-order valence-electron chi connectivity index (χ1n) is 18.0. The van der Waals surface area contributed by atoms with Crippen LogP contribution in [0.25, 0.3) is 0 Å². The molecule has 4 bridgehead atoms. The second kappa shape index (κ2) is 13.1. The highest BCUT2D eigenvalue weighted by Crippen LogP contribution is 2.55. The molecule has 7 fully saturated rings. The van der Waals surface area contributed by atoms with Crippen LogP contribution in [0.3, 0.4) is 0 Å². The van der Waals surface area contributed by atoms with Gasteiger partial charge in [-0.25, -0.2) is 4.79 Å². The second-order valence-corrected chi connectivity index (χ2v) is 15.5. The van der Waals surface area contributed by atoms with Crippen LogP contribution >= 0.6 is 0 Å². The number of piperidine rings is 1. The number of urea groups is 1. The van der Waals surface area contributed by atoms with Crippen molar-refractivity contribution in [2.75, 3.05) is 32.8 Å². The quantitative estimate of drug-likeness (QED) is 0.345. The van der Waals surface area contributed by atoms with Crippen LogP contribution in [0.5, 0.6) is 0 Å². The average molecular weight is 646 g/mol. The zero-order valence-electron chi connectivity index (χ0n) is 27.7. The highest BCUT2D eigenvalue weighted by Gasteiger charge is 2.51. The molecule has 254 valence electrons. The lowest BCUT2D eigenvalue weighted by Crippen LogP contribution is -2.61. The van der Waals surface area contributed by atoms with Gasteiger partial charge in [-0.1, -0.05) is 55.5 Å². The van der Waals surface area contributed by atoms with Gasteiger partial charge >= 0.3 is 6.03 Å². The molecule has 3 saturated heterocycles. The minimum Gasteiger partial charge on any atom is -0.392 e. The normalized spacial score (nSPS) is 36.1. The Labute approximate surface area is 278 Å². The molecular weight excluding hydrogens is 594 g/mol. The van der Waals surface area contributed by atoms with E-state index in [-0.39, 0.29) is 36.3 Å². The van der Waals surface area contributed by atoms with Crippen molar-refractivity contribution in [2.45, 2.75) is 101 Å². The van der Waals surface area contributed by atoms with Gasteiger partial charge in [-0.2, -0.15) is 0 Å². The highest BCUT2D eigenvalue weighted by molar-refractivity contribution is 5.75. The number of rotatable bonds is 8. The minimum absolute atomic E-state index is 0.00859. The number of carbonyl (C=O) groups is 1. The molecule has 3 N–H and O–H groups in total. The molecule has 4 saturated carbocycles. The summed E-state index contributed by atoms with van der Waals surface area (Å²) in [5.74, 6) is 2.12. The van der Waals surface area contributed by atoms with E-state index in [1.807, 2.05) is 12.1 Å². The lowest BCUT2D eigenvalue weighted by molar-refractivity contribution is -0.278. The largest absolute Gasteiger partial charge is 0.392 e. The first kappa shape index (κ1) is 31.7. The van der Waals surface area contributed by atoms with E-state index >= 15 is 0 Å². The van der Waals surface area contributed by atoms with Crippen LogP contribution in [-0.2, 0) is 32.1 Å². The van der Waals surface area contributed by atoms with Gasteiger partial charge in [0.2, 0.25) is 0 Å². The van der Waals surface area contributed by atoms with Crippen LogP contribution in [-0.4, -0.2) is 66.3 Å². The Balaban J connectivity index is 0.917. The lowest BCUT2D eigenvalue weighted by atomic mass is 9.53. The number of benzene rings is 2. The third kappa shape index (κ3) is 6.72. The van der Waals surface area contributed by atoms with E-state index in [9.17, 15) is 9.90 Å². The van der Waals surface area contributed by atoms with Crippen LogP contribution < -0.4 is 10.6 Å². The van der Waals surface area contributed by atoms with Gasteiger partial charge in [0.05, 0.1) is 32.0 Å². The van der Waals surface area contributed by atoms with Crippen molar-refractivity contribution in [1.29, 1.82) is 0 Å². The van der Waals surface area contributed by atoms with Crippen LogP contribution in [0.4, 0.5) is 4.79 Å². The highest BCUT2D eigenvalue weighted by atomic mass is 16.7. The van der Waals surface area contributed by atoms with Gasteiger partial charge in [-0.15, -0.1) is 0 Å². The molecule has 9 rings (SSSR count). The number of ether oxygens (including phenoxy) is 4. The van der Waals surface area contributed by atoms with Crippen LogP contribution in [0.15, 0.2) is 48.5 Å². The molecule has 4 atom stereocenters. The zero-order valence-corrected chi connectivity index (χ0v) is 27.7. The van der Waals surface area contributed by atoms with Crippen LogP contribution in [0.2, 0.25) is 0 Å². The Morgan fingerprint density at radius 2 is 1.45 bits per heavy atom. The molecule has 7 aliphatic rings. The molecule has 2 amide bonds. The molecule has 3 heterocycles. The van der Waals surface area contributed by atoms with E-state index in [2.05, 4.69) is 58.9 Å². The smallest absolute Gasteiger partial charge is 0.315 e. The van der Waals surface area contributed by atoms with Crippen molar-refractivity contribution in [1.82, 2.24) is 15.5 Å². The molecule has 3 aliphatic heterocycles. The Morgan fingerprint density at radius 1 is 0.851 bits per heavy atom. The number of aliphatic hydroxyl groups is 1. The van der Waals surface area contributed by atoms with Gasteiger partial charge in [-0.3, -0.25) is 0 Å². The number of aliphatic hydroxyl groups excluding tert-OH is 1. The molecular formula is C38H51N3O6. The molecule has 0 radical (unpaired) electrons. The number of amides is 2. The fraction of sp³-hybridized carbons (Fsp3) is 0.658. The third-order valence-corrected chi connectivity index (χ3v) is 12.1. The minimum atomic E-state index is -0.516. The predicted octanol–water partition coefficient (Wildman–Crippen LogP) is 5.58. The van der Waals surface area contributed by atoms with Gasteiger partial charge in [0.15, 0.2) is 12.1 Å². The number of hydrogen-bond acceptors (Lipinski definition) is 7. The third-order valence-electron chi connectivity index (χ3n) is 12.1. The van der Waals surface area contributed by atoms with Crippen molar-refractivity contribution in [3.05, 3.63) is 70.8 Å². The van der Waals surface area contributed by atoms with Gasteiger partial charge < -0.3 is 39.6 Å². The average Bonchev–Trinajstić information content (AvgIpc) is 3.53. The fourth-order valence-electron chi connectivity index (χ4n) is 9.97. The SMILES string of the molecule is C[C@H]1[C@@H](CN2CCC3(CC2)OCCO3)O[C@@H](c2ccc(CNC(=O)NC34CC5CC(CC(C5)C3)C4)cc2)O[C@H]1c1ccc(CO)cc1. The molecule has 9 heteroatoms. The summed E-state index contributed by atoms with van der Waals surface area (Å²) in [6, 6.07) is 16.3. The molecule has 4 aliphatic carbocycles. The van der Waals surface area contributed by atoms with E-state index in [0.29, 0.717) is 19.8 Å². The topological polar surface area (TPSA) is 102 Å². The van der Waals surface area contributed by atoms with Crippen molar-refractivity contribution in [2.24, 2.45) is 23.7 Å². The number of carbonyl (C=O) groups excluding carboxylic acids is 1. The van der Waals surface area contributed by atoms with E-state index in [0.717, 1.165) is 91.7 Å². The van der Waals surface area contributed by atoms with Crippen LogP contribution in [0.1, 0.15) is 92.9 Å². The second-order valence-electron chi connectivity index (χ2n) is 15.5. The molecule has 2 aromatic rings. The summed E-state index contributed by atoms with van der Waals surface area (Å²) in [4.78, 5) is 15.5. The monoisotopic (exact) mass is 645 g/mol. The Morgan fingerprint density at radius 3 is 2.06 bits per heavy atom. The standard InChI is InChI=1S/C38H51N3O6/c1-25-33(23-41-12-10-38(11-13-41)44-14-15-45-38)46-35(47-34(25)31-6-4-27(24-42)5-7-31)32-8-2-26(3-9-32)22-39-36(43)40-37-19-28-16-29(20-37)18-30(17-28)21-37/h2-9,25,28-30,33-35,42H,10-24H2,1H3,(H2,39,40,43)/t25-,28?,29?,30?,33+,34+,35+,37?/m0/s1. The van der Waals surface area contributed by atoms with E-state index in [1.54, 1.807) is 0 Å². The van der Waals surface area contributed by atoms with Crippen LogP contribution in [0, 0.1) is 23.7 Å². The summed E-state index contributed by atoms with van der Waals surface area (Å²) in [7, 11) is 0. The van der Waals surface area contributed by atoms with E-state index in [1.165, 1.54) is 19.3 Å². The predicted molar refractivity (Wildman–Crippen MR) is 176 cm³/mol. The van der Waals surface area contributed by atoms with Crippen molar-refractivity contribution < 1.29 is 28.8 Å².